The Kier molecular flexibility index (Phi) is 6.34. The highest BCUT2D eigenvalue weighted by Crippen LogP contribution is 2.16. The standard InChI is InChI=1S/C21H19ClN2O3S/c22-18-6-4-5-16(15-18)13-14-23-21(25)17-9-11-19(12-10-17)24-28(26,27)20-7-2-1-3-8-20/h1-12,15,24H,13-14H2,(H,23,25). The Morgan fingerprint density at radius 3 is 2.29 bits per heavy atom. The number of anilines is 1. The number of carbonyl (C=O) groups excluding carboxylic acids is 1. The minimum atomic E-state index is -3.66. The second-order valence-corrected chi connectivity index (χ2v) is 8.25. The Bertz CT molecular complexity index is 1050. The van der Waals surface area contributed by atoms with Gasteiger partial charge in [-0.1, -0.05) is 41.9 Å². The Labute approximate surface area is 169 Å². The SMILES string of the molecule is O=C(NCCc1cccc(Cl)c1)c1ccc(NS(=O)(=O)c2ccccc2)cc1. The van der Waals surface area contributed by atoms with Gasteiger partial charge in [-0.2, -0.15) is 0 Å². The van der Waals surface area contributed by atoms with E-state index in [1.165, 1.54) is 12.1 Å². The van der Waals surface area contributed by atoms with Crippen molar-refractivity contribution in [3.63, 3.8) is 0 Å². The third-order valence-electron chi connectivity index (χ3n) is 4.04. The van der Waals surface area contributed by atoms with Gasteiger partial charge >= 0.3 is 0 Å². The van der Waals surface area contributed by atoms with E-state index in [1.807, 2.05) is 18.2 Å². The molecule has 0 fully saturated rings. The first-order chi connectivity index (χ1) is 13.4. The van der Waals surface area contributed by atoms with Gasteiger partial charge in [0.05, 0.1) is 4.90 Å². The lowest BCUT2D eigenvalue weighted by Crippen LogP contribution is -2.25. The lowest BCUT2D eigenvalue weighted by molar-refractivity contribution is 0.0954. The van der Waals surface area contributed by atoms with Crippen LogP contribution in [0.1, 0.15) is 15.9 Å². The van der Waals surface area contributed by atoms with E-state index >= 15 is 0 Å². The summed E-state index contributed by atoms with van der Waals surface area (Å²) in [6.07, 6.45) is 0.668. The number of benzene rings is 3. The van der Waals surface area contributed by atoms with Gasteiger partial charge in [-0.3, -0.25) is 9.52 Å². The van der Waals surface area contributed by atoms with E-state index in [0.717, 1.165) is 5.56 Å². The first-order valence-corrected chi connectivity index (χ1v) is 10.5. The number of hydrogen-bond acceptors (Lipinski definition) is 3. The fourth-order valence-corrected chi connectivity index (χ4v) is 3.91. The van der Waals surface area contributed by atoms with Crippen LogP contribution in [0.2, 0.25) is 5.02 Å². The molecule has 0 aliphatic heterocycles. The highest BCUT2D eigenvalue weighted by Gasteiger charge is 2.13. The summed E-state index contributed by atoms with van der Waals surface area (Å²) < 4.78 is 27.1. The average molecular weight is 415 g/mol. The topological polar surface area (TPSA) is 75.3 Å². The highest BCUT2D eigenvalue weighted by atomic mass is 35.5. The van der Waals surface area contributed by atoms with Crippen molar-refractivity contribution in [2.75, 3.05) is 11.3 Å². The zero-order valence-electron chi connectivity index (χ0n) is 14.9. The summed E-state index contributed by atoms with van der Waals surface area (Å²) in [6.45, 7) is 0.474. The average Bonchev–Trinajstić information content (AvgIpc) is 2.69. The Morgan fingerprint density at radius 1 is 0.893 bits per heavy atom. The number of sulfonamides is 1. The molecule has 0 bridgehead atoms. The molecule has 2 N–H and O–H groups in total. The smallest absolute Gasteiger partial charge is 0.261 e. The first kappa shape index (κ1) is 19.9. The zero-order valence-corrected chi connectivity index (χ0v) is 16.5. The summed E-state index contributed by atoms with van der Waals surface area (Å²) in [7, 11) is -3.66. The van der Waals surface area contributed by atoms with Gasteiger partial charge in [0.2, 0.25) is 0 Å². The number of hydrogen-bond donors (Lipinski definition) is 2. The molecule has 0 atom stereocenters. The fraction of sp³-hybridized carbons (Fsp3) is 0.0952. The molecule has 0 unspecified atom stereocenters. The number of rotatable bonds is 7. The van der Waals surface area contributed by atoms with E-state index in [9.17, 15) is 13.2 Å². The quantitative estimate of drug-likeness (QED) is 0.610. The van der Waals surface area contributed by atoms with Crippen LogP contribution in [0.15, 0.2) is 83.8 Å². The molecule has 28 heavy (non-hydrogen) atoms. The highest BCUT2D eigenvalue weighted by molar-refractivity contribution is 7.92. The van der Waals surface area contributed by atoms with Gasteiger partial charge < -0.3 is 5.32 Å². The van der Waals surface area contributed by atoms with Gasteiger partial charge in [0, 0.05) is 22.8 Å². The molecule has 0 aliphatic carbocycles. The van der Waals surface area contributed by atoms with Gasteiger partial charge in [0.1, 0.15) is 0 Å². The van der Waals surface area contributed by atoms with E-state index in [-0.39, 0.29) is 10.8 Å². The van der Waals surface area contributed by atoms with E-state index in [4.69, 9.17) is 11.6 Å². The van der Waals surface area contributed by atoms with Crippen molar-refractivity contribution >= 4 is 33.2 Å². The normalized spacial score (nSPS) is 11.0. The molecule has 0 saturated carbocycles. The minimum Gasteiger partial charge on any atom is -0.352 e. The van der Waals surface area contributed by atoms with Crippen LogP contribution in [0.4, 0.5) is 5.69 Å². The maximum Gasteiger partial charge on any atom is 0.261 e. The predicted molar refractivity (Wildman–Crippen MR) is 111 cm³/mol. The Balaban J connectivity index is 1.57. The maximum absolute atomic E-state index is 12.3. The molecule has 0 saturated heterocycles. The van der Waals surface area contributed by atoms with Gasteiger partial charge in [-0.25, -0.2) is 8.42 Å². The van der Waals surface area contributed by atoms with Crippen LogP contribution in [0.3, 0.4) is 0 Å². The Hall–Kier alpha value is -2.83. The molecular formula is C21H19ClN2O3S. The fourth-order valence-electron chi connectivity index (χ4n) is 2.62. The summed E-state index contributed by atoms with van der Waals surface area (Å²) in [5.74, 6) is -0.223. The molecule has 0 radical (unpaired) electrons. The van der Waals surface area contributed by atoms with Crippen LogP contribution in [0.25, 0.3) is 0 Å². The van der Waals surface area contributed by atoms with Crippen molar-refractivity contribution in [2.24, 2.45) is 0 Å². The molecule has 1 amide bonds. The van der Waals surface area contributed by atoms with Crippen molar-refractivity contribution in [1.29, 1.82) is 0 Å². The van der Waals surface area contributed by atoms with Crippen molar-refractivity contribution < 1.29 is 13.2 Å². The third-order valence-corrected chi connectivity index (χ3v) is 5.67. The predicted octanol–water partition coefficient (Wildman–Crippen LogP) is 4.11. The van der Waals surface area contributed by atoms with Crippen molar-refractivity contribution in [2.45, 2.75) is 11.3 Å². The van der Waals surface area contributed by atoms with E-state index < -0.39 is 10.0 Å². The summed E-state index contributed by atoms with van der Waals surface area (Å²) in [6, 6.07) is 21.9. The number of halogens is 1. The molecular weight excluding hydrogens is 396 g/mol. The van der Waals surface area contributed by atoms with E-state index in [1.54, 1.807) is 48.5 Å². The molecule has 0 aliphatic rings. The largest absolute Gasteiger partial charge is 0.352 e. The summed E-state index contributed by atoms with van der Waals surface area (Å²) >= 11 is 5.95. The molecule has 0 heterocycles. The molecule has 7 heteroatoms. The molecule has 0 aromatic heterocycles. The van der Waals surface area contributed by atoms with Crippen molar-refractivity contribution in [3.8, 4) is 0 Å². The van der Waals surface area contributed by atoms with Crippen LogP contribution in [-0.4, -0.2) is 20.9 Å². The van der Waals surface area contributed by atoms with Crippen LogP contribution < -0.4 is 10.0 Å². The maximum atomic E-state index is 12.3. The van der Waals surface area contributed by atoms with E-state index in [0.29, 0.717) is 29.2 Å². The van der Waals surface area contributed by atoms with Crippen molar-refractivity contribution in [3.05, 3.63) is 95.0 Å². The summed E-state index contributed by atoms with van der Waals surface area (Å²) in [5, 5.41) is 3.50. The molecule has 0 spiro atoms. The van der Waals surface area contributed by atoms with Crippen LogP contribution in [-0.2, 0) is 16.4 Å². The lowest BCUT2D eigenvalue weighted by atomic mass is 10.1. The summed E-state index contributed by atoms with van der Waals surface area (Å²) in [4.78, 5) is 12.4. The van der Waals surface area contributed by atoms with Crippen molar-refractivity contribution in [1.82, 2.24) is 5.32 Å². The lowest BCUT2D eigenvalue weighted by Gasteiger charge is -2.09. The van der Waals surface area contributed by atoms with E-state index in [2.05, 4.69) is 10.0 Å². The van der Waals surface area contributed by atoms with Gasteiger partial charge in [-0.15, -0.1) is 0 Å². The minimum absolute atomic E-state index is 0.179. The first-order valence-electron chi connectivity index (χ1n) is 8.65. The third kappa shape index (κ3) is 5.34. The van der Waals surface area contributed by atoms with Crippen LogP contribution in [0, 0.1) is 0 Å². The van der Waals surface area contributed by atoms with Gasteiger partial charge in [0.25, 0.3) is 15.9 Å². The number of carbonyl (C=O) groups is 1. The molecule has 3 rings (SSSR count). The van der Waals surface area contributed by atoms with Gasteiger partial charge in [-0.05, 0) is 60.5 Å². The number of amides is 1. The Morgan fingerprint density at radius 2 is 1.61 bits per heavy atom. The van der Waals surface area contributed by atoms with Crippen LogP contribution >= 0.6 is 11.6 Å². The zero-order chi connectivity index (χ0) is 20.0. The molecule has 5 nitrogen and oxygen atoms in total. The summed E-state index contributed by atoms with van der Waals surface area (Å²) in [5.41, 5.74) is 1.88. The molecule has 144 valence electrons. The molecule has 3 aromatic carbocycles. The second-order valence-electron chi connectivity index (χ2n) is 6.13. The van der Waals surface area contributed by atoms with Gasteiger partial charge in [0.15, 0.2) is 0 Å². The van der Waals surface area contributed by atoms with Crippen LogP contribution in [0.5, 0.6) is 0 Å². The monoisotopic (exact) mass is 414 g/mol. The number of nitrogens with one attached hydrogen (secondary N) is 2. The second kappa shape index (κ2) is 8.91. The molecule has 3 aromatic rings.